The van der Waals surface area contributed by atoms with E-state index < -0.39 is 62.0 Å². The Morgan fingerprint density at radius 3 is 2.27 bits per heavy atom. The molecular weight excluding hydrogens is 649 g/mol. The fourth-order valence-corrected chi connectivity index (χ4v) is 9.87. The first-order chi connectivity index (χ1) is 18.4. The minimum atomic E-state index is -4.84. The molecule has 0 saturated carbocycles. The van der Waals surface area contributed by atoms with Crippen LogP contribution in [0.25, 0.3) is 10.2 Å². The zero-order chi connectivity index (χ0) is 29.4. The molecular formula is C20H16N4O10S6. The number of hydrogen-bond acceptors (Lipinski definition) is 13. The SMILES string of the molecule is CS(=O)(=O)c1ccc2c(c1)SC1=NS(=O)(=O)C(=C(O)CS(=O)(=O)Nc3nc4ccc(S(C)(=O)=O)cc4s3)C(=O)N12. The number of benzene rings is 2. The van der Waals surface area contributed by atoms with Gasteiger partial charge >= 0.3 is 0 Å². The molecule has 0 unspecified atom stereocenters. The minimum Gasteiger partial charge on any atom is -0.509 e. The number of sulfonamides is 2. The van der Waals surface area contributed by atoms with E-state index in [1.807, 2.05) is 0 Å². The Hall–Kier alpha value is -3.04. The summed E-state index contributed by atoms with van der Waals surface area (Å²) < 4.78 is 104. The van der Waals surface area contributed by atoms with Gasteiger partial charge in [0.2, 0.25) is 10.0 Å². The number of aliphatic hydroxyl groups is 1. The molecule has 0 fully saturated rings. The van der Waals surface area contributed by atoms with E-state index in [9.17, 15) is 43.6 Å². The first-order valence-electron chi connectivity index (χ1n) is 10.6. The number of carbonyl (C=O) groups excluding carboxylic acids is 1. The number of sulfone groups is 2. The van der Waals surface area contributed by atoms with Gasteiger partial charge in [-0.05, 0) is 48.2 Å². The molecule has 0 aliphatic carbocycles. The molecule has 0 saturated heterocycles. The molecule has 14 nitrogen and oxygen atoms in total. The zero-order valence-corrected chi connectivity index (χ0v) is 25.0. The van der Waals surface area contributed by atoms with Crippen LogP contribution in [0.15, 0.2) is 66.1 Å². The molecule has 3 aromatic rings. The summed E-state index contributed by atoms with van der Waals surface area (Å²) in [7, 11) is -16.5. The number of nitrogens with one attached hydrogen (secondary N) is 1. The number of carbonyl (C=O) groups is 1. The zero-order valence-electron chi connectivity index (χ0n) is 20.1. The van der Waals surface area contributed by atoms with Crippen LogP contribution in [0.2, 0.25) is 0 Å². The number of thioether (sulfide) groups is 1. The van der Waals surface area contributed by atoms with E-state index in [4.69, 9.17) is 0 Å². The average molecular weight is 665 g/mol. The van der Waals surface area contributed by atoms with E-state index >= 15 is 0 Å². The second-order valence-electron chi connectivity index (χ2n) is 8.55. The summed E-state index contributed by atoms with van der Waals surface area (Å²) in [4.78, 5) is 17.0. The van der Waals surface area contributed by atoms with Crippen molar-refractivity contribution in [3.63, 3.8) is 0 Å². The lowest BCUT2D eigenvalue weighted by molar-refractivity contribution is -0.113. The Labute approximate surface area is 236 Å². The van der Waals surface area contributed by atoms with Gasteiger partial charge in [0, 0.05) is 17.4 Å². The van der Waals surface area contributed by atoms with Gasteiger partial charge in [-0.3, -0.25) is 14.4 Å². The molecule has 0 radical (unpaired) electrons. The molecule has 2 aromatic carbocycles. The standard InChI is InChI=1S/C20H16N4O10S6/c1-37(27,28)10-3-5-12-15(7-10)35-19(21-12)22-39(31,32)9-14(25)17-18(26)24-13-6-4-11(38(2,29)30)8-16(13)36-20(24)23-40(17,33)34/h3-8,25H,9H2,1-2H3,(H,21,22). The predicted molar refractivity (Wildman–Crippen MR) is 149 cm³/mol. The molecule has 0 atom stereocenters. The van der Waals surface area contributed by atoms with Gasteiger partial charge in [-0.1, -0.05) is 11.3 Å². The van der Waals surface area contributed by atoms with Gasteiger partial charge in [-0.25, -0.2) is 30.2 Å². The third-order valence-electron chi connectivity index (χ3n) is 5.47. The van der Waals surface area contributed by atoms with Crippen LogP contribution in [-0.2, 0) is 44.5 Å². The van der Waals surface area contributed by atoms with E-state index in [1.165, 1.54) is 36.4 Å². The Bertz CT molecular complexity index is 2150. The molecule has 40 heavy (non-hydrogen) atoms. The Balaban J connectivity index is 1.46. The number of amidine groups is 1. The highest BCUT2D eigenvalue weighted by molar-refractivity contribution is 8.16. The molecule has 20 heteroatoms. The van der Waals surface area contributed by atoms with Crippen LogP contribution in [-0.4, -0.2) is 73.1 Å². The van der Waals surface area contributed by atoms with Crippen LogP contribution < -0.4 is 9.62 Å². The number of aromatic nitrogens is 1. The van der Waals surface area contributed by atoms with Crippen molar-refractivity contribution in [3.8, 4) is 0 Å². The van der Waals surface area contributed by atoms with E-state index in [2.05, 4.69) is 14.1 Å². The van der Waals surface area contributed by atoms with E-state index in [1.54, 1.807) is 0 Å². The lowest BCUT2D eigenvalue weighted by Crippen LogP contribution is -2.41. The van der Waals surface area contributed by atoms with Crippen molar-refractivity contribution in [2.75, 3.05) is 27.9 Å². The van der Waals surface area contributed by atoms with Crippen LogP contribution in [0.5, 0.6) is 0 Å². The van der Waals surface area contributed by atoms with Crippen LogP contribution in [0.1, 0.15) is 0 Å². The van der Waals surface area contributed by atoms with E-state index in [0.717, 1.165) is 40.5 Å². The largest absolute Gasteiger partial charge is 0.509 e. The van der Waals surface area contributed by atoms with E-state index in [0.29, 0.717) is 4.70 Å². The van der Waals surface area contributed by atoms with Gasteiger partial charge in [0.25, 0.3) is 15.9 Å². The second-order valence-corrected chi connectivity index (χ2v) is 17.9. The molecule has 2 N–H and O–H groups in total. The summed E-state index contributed by atoms with van der Waals surface area (Å²) in [5.41, 5.74) is 0.388. The number of amides is 1. The van der Waals surface area contributed by atoms with Gasteiger partial charge < -0.3 is 5.11 Å². The monoisotopic (exact) mass is 664 g/mol. The molecule has 0 spiro atoms. The number of rotatable bonds is 6. The van der Waals surface area contributed by atoms with Crippen LogP contribution in [0.3, 0.4) is 0 Å². The fourth-order valence-electron chi connectivity index (χ4n) is 3.72. The molecule has 2 aliphatic rings. The first-order valence-corrected chi connectivity index (χ1v) is 19.1. The maximum atomic E-state index is 13.2. The normalized spacial score (nSPS) is 18.3. The second kappa shape index (κ2) is 9.24. The Morgan fingerprint density at radius 1 is 1.00 bits per heavy atom. The number of anilines is 2. The van der Waals surface area contributed by atoms with Gasteiger partial charge in [0.05, 0.1) is 25.7 Å². The highest BCUT2D eigenvalue weighted by Gasteiger charge is 2.45. The average Bonchev–Trinajstić information content (AvgIpc) is 3.34. The molecule has 5 rings (SSSR count). The quantitative estimate of drug-likeness (QED) is 0.283. The minimum absolute atomic E-state index is 0.00410. The highest BCUT2D eigenvalue weighted by Crippen LogP contribution is 2.45. The third kappa shape index (κ3) is 5.21. The topological polar surface area (TPSA) is 214 Å². The lowest BCUT2D eigenvalue weighted by Gasteiger charge is -2.23. The summed E-state index contributed by atoms with van der Waals surface area (Å²) in [6.45, 7) is 0. The molecule has 1 aromatic heterocycles. The summed E-state index contributed by atoms with van der Waals surface area (Å²) in [5, 5.41) is 10.1. The van der Waals surface area contributed by atoms with Crippen molar-refractivity contribution in [3.05, 3.63) is 47.1 Å². The Kier molecular flexibility index (Phi) is 6.58. The predicted octanol–water partition coefficient (Wildman–Crippen LogP) is 1.45. The summed E-state index contributed by atoms with van der Waals surface area (Å²) in [6, 6.07) is 7.72. The molecule has 3 heterocycles. The molecule has 212 valence electrons. The number of thiazole rings is 1. The number of fused-ring (bicyclic) bond motifs is 4. The highest BCUT2D eigenvalue weighted by atomic mass is 32.2. The van der Waals surface area contributed by atoms with Crippen molar-refractivity contribution < 1.29 is 43.6 Å². The van der Waals surface area contributed by atoms with Gasteiger partial charge in [0.1, 0.15) is 11.5 Å². The van der Waals surface area contributed by atoms with Gasteiger partial charge in [-0.15, -0.1) is 4.40 Å². The maximum Gasteiger partial charge on any atom is 0.293 e. The van der Waals surface area contributed by atoms with Crippen molar-refractivity contribution in [1.29, 1.82) is 0 Å². The van der Waals surface area contributed by atoms with Gasteiger partial charge in [0.15, 0.2) is 34.9 Å². The van der Waals surface area contributed by atoms with Crippen molar-refractivity contribution in [1.82, 2.24) is 4.98 Å². The molecule has 0 bridgehead atoms. The first kappa shape index (κ1) is 28.5. The van der Waals surface area contributed by atoms with Crippen LogP contribution in [0, 0.1) is 0 Å². The lowest BCUT2D eigenvalue weighted by atomic mass is 10.3. The van der Waals surface area contributed by atoms with Crippen molar-refractivity contribution in [2.24, 2.45) is 4.40 Å². The number of aliphatic hydroxyl groups excluding tert-OH is 1. The van der Waals surface area contributed by atoms with Crippen LogP contribution >= 0.6 is 23.1 Å². The molecule has 1 amide bonds. The number of hydrogen-bond donors (Lipinski definition) is 2. The summed E-state index contributed by atoms with van der Waals surface area (Å²) in [5.74, 6) is -3.90. The maximum absolute atomic E-state index is 13.2. The fraction of sp³-hybridized carbons (Fsp3) is 0.150. The van der Waals surface area contributed by atoms with Crippen molar-refractivity contribution in [2.45, 2.75) is 14.7 Å². The summed E-state index contributed by atoms with van der Waals surface area (Å²) in [6.07, 6.45) is 1.98. The summed E-state index contributed by atoms with van der Waals surface area (Å²) >= 11 is 1.52. The van der Waals surface area contributed by atoms with Crippen LogP contribution in [0.4, 0.5) is 10.8 Å². The Morgan fingerprint density at radius 2 is 1.62 bits per heavy atom. The molecule has 2 aliphatic heterocycles. The smallest absolute Gasteiger partial charge is 0.293 e. The number of nitrogens with zero attached hydrogens (tertiary/aromatic N) is 3. The third-order valence-corrected chi connectivity index (χ3v) is 12.4. The van der Waals surface area contributed by atoms with Gasteiger partial charge in [-0.2, -0.15) is 8.42 Å². The van der Waals surface area contributed by atoms with E-state index in [-0.39, 0.29) is 36.2 Å². The van der Waals surface area contributed by atoms with Crippen molar-refractivity contribution >= 4 is 94.9 Å².